The fraction of sp³-hybridized carbons (Fsp3) is 0.929. The molecule has 2 fully saturated rings. The van der Waals surface area contributed by atoms with Crippen LogP contribution in [0, 0.1) is 0 Å². The van der Waals surface area contributed by atoms with Crippen LogP contribution in [0.2, 0.25) is 0 Å². The molecule has 0 aromatic rings. The van der Waals surface area contributed by atoms with Crippen LogP contribution in [-0.4, -0.2) is 54.4 Å². The first-order valence-electron chi connectivity index (χ1n) is 7.27. The zero-order chi connectivity index (χ0) is 15.2. The van der Waals surface area contributed by atoms with Gasteiger partial charge in [-0.15, -0.1) is 0 Å². The van der Waals surface area contributed by atoms with Crippen molar-refractivity contribution >= 4 is 16.2 Å². The Hall–Kier alpha value is -0.620. The van der Waals surface area contributed by atoms with Crippen molar-refractivity contribution in [2.24, 2.45) is 0 Å². The summed E-state index contributed by atoms with van der Waals surface area (Å²) in [5.41, 5.74) is -0.419. The van der Waals surface area contributed by atoms with Gasteiger partial charge in [0.25, 0.3) is 0 Å². The number of hydrogen-bond donors (Lipinski definition) is 1. The van der Waals surface area contributed by atoms with Gasteiger partial charge >= 0.3 is 0 Å². The molecule has 1 N–H and O–H groups in total. The average molecular weight is 302 g/mol. The van der Waals surface area contributed by atoms with Gasteiger partial charge in [-0.05, 0) is 47.0 Å². The molecule has 116 valence electrons. The Morgan fingerprint density at radius 3 is 2.05 bits per heavy atom. The molecule has 0 aromatic carbocycles. The molecule has 2 aliphatic rings. The molecule has 1 atom stereocenters. The normalized spacial score (nSPS) is 32.2. The topological polar surface area (TPSA) is 66.5 Å². The van der Waals surface area contributed by atoms with E-state index < -0.39 is 9.84 Å². The molecule has 0 bridgehead atoms. The van der Waals surface area contributed by atoms with Crippen molar-refractivity contribution < 1.29 is 13.2 Å². The quantitative estimate of drug-likeness (QED) is 0.788. The molecule has 0 aromatic heterocycles. The number of carbonyl (C=O) groups is 1. The zero-order valence-electron chi connectivity index (χ0n) is 12.8. The van der Waals surface area contributed by atoms with Crippen LogP contribution in [0.3, 0.4) is 0 Å². The average Bonchev–Trinajstić information content (AvgIpc) is 2.54. The number of hydrogen-bond acceptors (Lipinski definition) is 4. The van der Waals surface area contributed by atoms with Crippen LogP contribution in [0.15, 0.2) is 0 Å². The summed E-state index contributed by atoms with van der Waals surface area (Å²) in [6.07, 6.45) is 3.35. The molecule has 2 aliphatic heterocycles. The maximum atomic E-state index is 11.5. The van der Waals surface area contributed by atoms with Gasteiger partial charge in [-0.1, -0.05) is 0 Å². The van der Waals surface area contributed by atoms with Crippen LogP contribution in [0.25, 0.3) is 0 Å². The van der Waals surface area contributed by atoms with Gasteiger partial charge in [0, 0.05) is 23.2 Å². The summed E-state index contributed by atoms with van der Waals surface area (Å²) in [6.45, 7) is 8.29. The van der Waals surface area contributed by atoms with Gasteiger partial charge in [0.05, 0.1) is 11.5 Å². The number of carbonyl (C=O) groups excluding carboxylic acids is 1. The Morgan fingerprint density at radius 1 is 1.10 bits per heavy atom. The van der Waals surface area contributed by atoms with Crippen LogP contribution in [0.5, 0.6) is 0 Å². The van der Waals surface area contributed by atoms with Crippen molar-refractivity contribution in [2.75, 3.05) is 11.5 Å². The number of rotatable bonds is 3. The van der Waals surface area contributed by atoms with E-state index in [9.17, 15) is 13.2 Å². The molecule has 0 spiro atoms. The molecule has 5 nitrogen and oxygen atoms in total. The lowest BCUT2D eigenvalue weighted by atomic mass is 9.77. The Morgan fingerprint density at radius 2 is 1.65 bits per heavy atom. The van der Waals surface area contributed by atoms with Crippen molar-refractivity contribution in [1.82, 2.24) is 10.2 Å². The largest absolute Gasteiger partial charge is 0.335 e. The predicted molar refractivity (Wildman–Crippen MR) is 79.3 cm³/mol. The minimum Gasteiger partial charge on any atom is -0.335 e. The van der Waals surface area contributed by atoms with Crippen LogP contribution in [-0.2, 0) is 14.6 Å². The number of piperidine rings is 1. The highest BCUT2D eigenvalue weighted by Gasteiger charge is 2.45. The fourth-order valence-electron chi connectivity index (χ4n) is 3.96. The van der Waals surface area contributed by atoms with Crippen molar-refractivity contribution in [1.29, 1.82) is 0 Å². The summed E-state index contributed by atoms with van der Waals surface area (Å²) in [5, 5.41) is 3.51. The van der Waals surface area contributed by atoms with Crippen molar-refractivity contribution in [2.45, 2.75) is 70.1 Å². The lowest BCUT2D eigenvalue weighted by Crippen LogP contribution is -2.64. The number of amides is 1. The van der Waals surface area contributed by atoms with E-state index in [1.807, 2.05) is 4.90 Å². The van der Waals surface area contributed by atoms with E-state index >= 15 is 0 Å². The molecule has 2 rings (SSSR count). The molecular weight excluding hydrogens is 276 g/mol. The Bertz CT molecular complexity index is 467. The van der Waals surface area contributed by atoms with Gasteiger partial charge in [0.2, 0.25) is 6.41 Å². The Labute approximate surface area is 122 Å². The first-order chi connectivity index (χ1) is 9.06. The van der Waals surface area contributed by atoms with Gasteiger partial charge in [-0.2, -0.15) is 0 Å². The molecule has 0 unspecified atom stereocenters. The van der Waals surface area contributed by atoms with Crippen LogP contribution < -0.4 is 5.32 Å². The van der Waals surface area contributed by atoms with E-state index in [2.05, 4.69) is 33.0 Å². The maximum absolute atomic E-state index is 11.5. The zero-order valence-corrected chi connectivity index (χ0v) is 13.7. The second kappa shape index (κ2) is 4.98. The molecule has 2 saturated heterocycles. The molecule has 20 heavy (non-hydrogen) atoms. The van der Waals surface area contributed by atoms with E-state index in [1.54, 1.807) is 0 Å². The molecule has 6 heteroatoms. The minimum atomic E-state index is -2.85. The van der Waals surface area contributed by atoms with Crippen molar-refractivity contribution in [3.05, 3.63) is 0 Å². The summed E-state index contributed by atoms with van der Waals surface area (Å²) in [5.74, 6) is 0.548. The molecule has 0 saturated carbocycles. The molecular formula is C14H26N2O3S. The predicted octanol–water partition coefficient (Wildman–Crippen LogP) is 0.941. The monoisotopic (exact) mass is 302 g/mol. The van der Waals surface area contributed by atoms with Crippen molar-refractivity contribution in [3.63, 3.8) is 0 Å². The smallest absolute Gasteiger partial charge is 0.210 e. The standard InChI is InChI=1S/C14H26N2O3S/c1-13(2)7-12(8-14(3,4)16(13)10-17)15-11-5-6-20(18,19)9-11/h10-12,15H,5-9H2,1-4H3/t11-/m1/s1. The highest BCUT2D eigenvalue weighted by Crippen LogP contribution is 2.37. The SMILES string of the molecule is CC1(C)CC(N[C@@H]2CCS(=O)(=O)C2)CC(C)(C)N1C=O. The summed E-state index contributed by atoms with van der Waals surface area (Å²) in [6, 6.07) is 0.328. The van der Waals surface area contributed by atoms with Gasteiger partial charge in [0.15, 0.2) is 9.84 Å². The molecule has 2 heterocycles. The van der Waals surface area contributed by atoms with E-state index in [0.29, 0.717) is 12.2 Å². The van der Waals surface area contributed by atoms with Gasteiger partial charge in [-0.25, -0.2) is 8.42 Å². The first kappa shape index (κ1) is 15.8. The second-order valence-electron chi connectivity index (χ2n) is 7.47. The van der Waals surface area contributed by atoms with Crippen LogP contribution in [0.1, 0.15) is 47.0 Å². The first-order valence-corrected chi connectivity index (χ1v) is 9.09. The third-order valence-corrected chi connectivity index (χ3v) is 6.37. The lowest BCUT2D eigenvalue weighted by Gasteiger charge is -2.54. The molecule has 0 aliphatic carbocycles. The number of nitrogens with one attached hydrogen (secondary N) is 1. The third-order valence-electron chi connectivity index (χ3n) is 4.61. The van der Waals surface area contributed by atoms with Gasteiger partial charge < -0.3 is 10.2 Å². The minimum absolute atomic E-state index is 0.0689. The Balaban J connectivity index is 2.06. The summed E-state index contributed by atoms with van der Waals surface area (Å²) < 4.78 is 23.1. The molecule has 0 radical (unpaired) electrons. The van der Waals surface area contributed by atoms with Crippen molar-refractivity contribution in [3.8, 4) is 0 Å². The number of sulfone groups is 1. The van der Waals surface area contributed by atoms with E-state index in [4.69, 9.17) is 0 Å². The summed E-state index contributed by atoms with van der Waals surface area (Å²) in [4.78, 5) is 13.2. The third kappa shape index (κ3) is 3.17. The maximum Gasteiger partial charge on any atom is 0.210 e. The van der Waals surface area contributed by atoms with E-state index in [0.717, 1.165) is 19.3 Å². The number of likely N-dealkylation sites (tertiary alicyclic amines) is 1. The van der Waals surface area contributed by atoms with Gasteiger partial charge in [0.1, 0.15) is 0 Å². The lowest BCUT2D eigenvalue weighted by molar-refractivity contribution is -0.135. The van der Waals surface area contributed by atoms with Gasteiger partial charge in [-0.3, -0.25) is 4.79 Å². The van der Waals surface area contributed by atoms with Crippen LogP contribution in [0.4, 0.5) is 0 Å². The van der Waals surface area contributed by atoms with E-state index in [-0.39, 0.29) is 28.9 Å². The molecule has 1 amide bonds. The highest BCUT2D eigenvalue weighted by molar-refractivity contribution is 7.91. The summed E-state index contributed by atoms with van der Waals surface area (Å²) >= 11 is 0. The number of nitrogens with zero attached hydrogens (tertiary/aromatic N) is 1. The Kier molecular flexibility index (Phi) is 3.93. The second-order valence-corrected chi connectivity index (χ2v) is 9.70. The van der Waals surface area contributed by atoms with Crippen LogP contribution >= 0.6 is 0 Å². The van der Waals surface area contributed by atoms with E-state index in [1.165, 1.54) is 0 Å². The fourth-order valence-corrected chi connectivity index (χ4v) is 5.64. The summed E-state index contributed by atoms with van der Waals surface area (Å²) in [7, 11) is -2.85. The highest BCUT2D eigenvalue weighted by atomic mass is 32.2.